The average molecular weight is 316 g/mol. The third-order valence-electron chi connectivity index (χ3n) is 2.86. The molecule has 0 saturated carbocycles. The Kier molecular flexibility index (Phi) is 8.62. The average Bonchev–Trinajstić information content (AvgIpc) is 2.52. The van der Waals surface area contributed by atoms with Crippen LogP contribution in [0.2, 0.25) is 0 Å². The van der Waals surface area contributed by atoms with Crippen molar-refractivity contribution in [3.8, 4) is 11.5 Å². The predicted octanol–water partition coefficient (Wildman–Crippen LogP) is 4.08. The first-order valence-corrected chi connectivity index (χ1v) is 8.22. The summed E-state index contributed by atoms with van der Waals surface area (Å²) in [5.41, 5.74) is 2.02. The number of methoxy groups -OCH3 is 2. The number of aryl methyl sites for hydroxylation is 1. The van der Waals surface area contributed by atoms with E-state index in [1.165, 1.54) is 0 Å². The second kappa shape index (κ2) is 9.96. The van der Waals surface area contributed by atoms with Gasteiger partial charge in [-0.2, -0.15) is 0 Å². The van der Waals surface area contributed by atoms with Gasteiger partial charge in [-0.3, -0.25) is 0 Å². The third-order valence-corrected chi connectivity index (χ3v) is 4.14. The van der Waals surface area contributed by atoms with Gasteiger partial charge in [-0.05, 0) is 38.0 Å². The minimum Gasteiger partial charge on any atom is -0.496 e. The minimum atomic E-state index is -1.32. The molecule has 6 heteroatoms. The molecule has 1 aromatic carbocycles. The largest absolute Gasteiger partial charge is 0.496 e. The quantitative estimate of drug-likeness (QED) is 0.609. The van der Waals surface area contributed by atoms with E-state index in [1.54, 1.807) is 14.2 Å². The lowest BCUT2D eigenvalue weighted by molar-refractivity contribution is 0.163. The zero-order chi connectivity index (χ0) is 15.7. The summed E-state index contributed by atoms with van der Waals surface area (Å²) in [5.74, 6) is 1.63. The van der Waals surface area contributed by atoms with Crippen LogP contribution in [-0.4, -0.2) is 27.4 Å². The number of rotatable bonds is 10. The molecular weight excluding hydrogens is 291 g/mol. The molecular formula is C15H25O5P. The molecule has 0 spiro atoms. The first kappa shape index (κ1) is 18.2. The van der Waals surface area contributed by atoms with E-state index in [1.807, 2.05) is 26.0 Å². The van der Waals surface area contributed by atoms with Gasteiger partial charge in [-0.15, -0.1) is 0 Å². The van der Waals surface area contributed by atoms with Crippen LogP contribution in [0.4, 0.5) is 0 Å². The topological polar surface area (TPSA) is 46.2 Å². The molecule has 120 valence electrons. The van der Waals surface area contributed by atoms with Gasteiger partial charge >= 0.3 is 8.60 Å². The van der Waals surface area contributed by atoms with Gasteiger partial charge in [0.1, 0.15) is 11.5 Å². The molecule has 0 N–H and O–H groups in total. The number of hydrogen-bond donors (Lipinski definition) is 0. The standard InChI is InChI=1S/C15H25O5P/c1-6-12-9-15(17-5)13(10-14(12)16-4)11-20-21(18-7-2)19-8-3/h9-10H,6-8,11H2,1-5H3. The Morgan fingerprint density at radius 1 is 0.810 bits per heavy atom. The van der Waals surface area contributed by atoms with Gasteiger partial charge in [0.05, 0.1) is 34.0 Å². The van der Waals surface area contributed by atoms with Gasteiger partial charge in [0.25, 0.3) is 0 Å². The Morgan fingerprint density at radius 2 is 1.33 bits per heavy atom. The molecule has 0 unspecified atom stereocenters. The normalized spacial score (nSPS) is 11.0. The highest BCUT2D eigenvalue weighted by Gasteiger charge is 2.15. The van der Waals surface area contributed by atoms with E-state index in [-0.39, 0.29) is 0 Å². The summed E-state index contributed by atoms with van der Waals surface area (Å²) in [5, 5.41) is 0. The second-order valence-electron chi connectivity index (χ2n) is 4.16. The Balaban J connectivity index is 2.85. The molecule has 0 aromatic heterocycles. The van der Waals surface area contributed by atoms with Crippen molar-refractivity contribution in [2.24, 2.45) is 0 Å². The van der Waals surface area contributed by atoms with E-state index in [4.69, 9.17) is 23.0 Å². The summed E-state index contributed by atoms with van der Waals surface area (Å²) >= 11 is 0. The fourth-order valence-corrected chi connectivity index (χ4v) is 2.75. The lowest BCUT2D eigenvalue weighted by atomic mass is 10.1. The summed E-state index contributed by atoms with van der Waals surface area (Å²) in [6, 6.07) is 3.93. The molecule has 0 amide bonds. The fraction of sp³-hybridized carbons (Fsp3) is 0.600. The Bertz CT molecular complexity index is 419. The number of benzene rings is 1. The molecule has 5 nitrogen and oxygen atoms in total. The highest BCUT2D eigenvalue weighted by Crippen LogP contribution is 2.41. The van der Waals surface area contributed by atoms with Crippen LogP contribution in [-0.2, 0) is 26.6 Å². The highest BCUT2D eigenvalue weighted by molar-refractivity contribution is 7.41. The molecule has 0 bridgehead atoms. The molecule has 1 rings (SSSR count). The fourth-order valence-electron chi connectivity index (χ4n) is 1.86. The number of ether oxygens (including phenoxy) is 2. The van der Waals surface area contributed by atoms with Gasteiger partial charge in [0.2, 0.25) is 0 Å². The van der Waals surface area contributed by atoms with E-state index < -0.39 is 8.60 Å². The van der Waals surface area contributed by atoms with Crippen molar-refractivity contribution in [3.05, 3.63) is 23.3 Å². The maximum Gasteiger partial charge on any atom is 0.332 e. The zero-order valence-electron chi connectivity index (χ0n) is 13.5. The molecule has 0 heterocycles. The molecule has 21 heavy (non-hydrogen) atoms. The van der Waals surface area contributed by atoms with Gasteiger partial charge in [0, 0.05) is 5.56 Å². The van der Waals surface area contributed by atoms with Crippen LogP contribution in [0.5, 0.6) is 11.5 Å². The second-order valence-corrected chi connectivity index (χ2v) is 5.38. The van der Waals surface area contributed by atoms with Crippen LogP contribution in [0.1, 0.15) is 31.9 Å². The highest BCUT2D eigenvalue weighted by atomic mass is 31.2. The summed E-state index contributed by atoms with van der Waals surface area (Å²) in [7, 11) is 1.99. The molecule has 1 aromatic rings. The Hall–Kier alpha value is -0.870. The molecule has 0 aliphatic heterocycles. The van der Waals surface area contributed by atoms with Crippen LogP contribution in [0, 0.1) is 0 Å². The molecule has 0 saturated heterocycles. The van der Waals surface area contributed by atoms with Crippen LogP contribution in [0.25, 0.3) is 0 Å². The lowest BCUT2D eigenvalue weighted by Gasteiger charge is -2.17. The van der Waals surface area contributed by atoms with E-state index >= 15 is 0 Å². The molecule has 0 atom stereocenters. The van der Waals surface area contributed by atoms with Gasteiger partial charge in [0.15, 0.2) is 0 Å². The Morgan fingerprint density at radius 3 is 1.81 bits per heavy atom. The summed E-state index contributed by atoms with van der Waals surface area (Å²) in [6.45, 7) is 7.38. The van der Waals surface area contributed by atoms with E-state index in [2.05, 4.69) is 6.92 Å². The van der Waals surface area contributed by atoms with Crippen LogP contribution >= 0.6 is 8.60 Å². The van der Waals surface area contributed by atoms with Crippen LogP contribution in [0.3, 0.4) is 0 Å². The predicted molar refractivity (Wildman–Crippen MR) is 83.9 cm³/mol. The molecule has 0 aliphatic rings. The van der Waals surface area contributed by atoms with Crippen LogP contribution in [0.15, 0.2) is 12.1 Å². The summed E-state index contributed by atoms with van der Waals surface area (Å²) < 4.78 is 27.4. The smallest absolute Gasteiger partial charge is 0.332 e. The van der Waals surface area contributed by atoms with Gasteiger partial charge < -0.3 is 23.0 Å². The van der Waals surface area contributed by atoms with Crippen molar-refractivity contribution in [3.63, 3.8) is 0 Å². The van der Waals surface area contributed by atoms with E-state index in [0.717, 1.165) is 29.0 Å². The van der Waals surface area contributed by atoms with Gasteiger partial charge in [-0.25, -0.2) is 0 Å². The van der Waals surface area contributed by atoms with Crippen molar-refractivity contribution in [1.82, 2.24) is 0 Å². The van der Waals surface area contributed by atoms with Crippen molar-refractivity contribution in [1.29, 1.82) is 0 Å². The third kappa shape index (κ3) is 5.44. The monoisotopic (exact) mass is 316 g/mol. The molecule has 0 radical (unpaired) electrons. The first-order valence-electron chi connectivity index (χ1n) is 7.12. The summed E-state index contributed by atoms with van der Waals surface area (Å²) in [6.07, 6.45) is 0.880. The Labute approximate surface area is 128 Å². The molecule has 0 fully saturated rings. The maximum absolute atomic E-state index is 5.71. The van der Waals surface area contributed by atoms with Crippen LogP contribution < -0.4 is 9.47 Å². The molecule has 0 aliphatic carbocycles. The van der Waals surface area contributed by atoms with Crippen molar-refractivity contribution in [2.45, 2.75) is 33.8 Å². The lowest BCUT2D eigenvalue weighted by Crippen LogP contribution is -2.01. The first-order chi connectivity index (χ1) is 10.2. The van der Waals surface area contributed by atoms with E-state index in [9.17, 15) is 0 Å². The maximum atomic E-state index is 5.71. The van der Waals surface area contributed by atoms with Crippen molar-refractivity contribution >= 4 is 8.60 Å². The van der Waals surface area contributed by atoms with E-state index in [0.29, 0.717) is 19.8 Å². The zero-order valence-corrected chi connectivity index (χ0v) is 14.4. The van der Waals surface area contributed by atoms with Crippen molar-refractivity contribution < 1.29 is 23.0 Å². The SMILES string of the molecule is CCOP(OCC)OCc1cc(OC)c(CC)cc1OC. The van der Waals surface area contributed by atoms with Crippen molar-refractivity contribution in [2.75, 3.05) is 27.4 Å². The number of hydrogen-bond acceptors (Lipinski definition) is 5. The minimum absolute atomic E-state index is 0.356. The van der Waals surface area contributed by atoms with Gasteiger partial charge in [-0.1, -0.05) is 6.92 Å². The summed E-state index contributed by atoms with van der Waals surface area (Å²) in [4.78, 5) is 0.